The lowest BCUT2D eigenvalue weighted by atomic mass is 10.1. The largest absolute Gasteiger partial charge is 0.490 e. The van der Waals surface area contributed by atoms with Crippen molar-refractivity contribution in [3.8, 4) is 11.5 Å². The highest BCUT2D eigenvalue weighted by Gasteiger charge is 2.16. The summed E-state index contributed by atoms with van der Waals surface area (Å²) in [7, 11) is 0. The van der Waals surface area contributed by atoms with Crippen molar-refractivity contribution in [2.45, 2.75) is 20.8 Å². The number of halogens is 2. The van der Waals surface area contributed by atoms with E-state index in [4.69, 9.17) is 32.7 Å². The summed E-state index contributed by atoms with van der Waals surface area (Å²) in [6.45, 7) is 5.72. The molecule has 3 aromatic carbocycles. The molecule has 0 aliphatic heterocycles. The van der Waals surface area contributed by atoms with Crippen LogP contribution in [0.15, 0.2) is 65.8 Å². The van der Waals surface area contributed by atoms with Gasteiger partial charge in [-0.05, 0) is 73.2 Å². The van der Waals surface area contributed by atoms with Crippen LogP contribution in [-0.4, -0.2) is 30.6 Å². The number of anilines is 1. The van der Waals surface area contributed by atoms with E-state index in [1.807, 2.05) is 0 Å². The van der Waals surface area contributed by atoms with E-state index < -0.39 is 11.9 Å². The highest BCUT2D eigenvalue weighted by atomic mass is 35.5. The molecule has 0 fully saturated rings. The monoisotopic (exact) mass is 541 g/mol. The first-order valence-electron chi connectivity index (χ1n) is 11.4. The van der Waals surface area contributed by atoms with Gasteiger partial charge in [-0.25, -0.2) is 10.2 Å². The minimum atomic E-state index is -0.661. The number of amides is 2. The van der Waals surface area contributed by atoms with Crippen molar-refractivity contribution in [3.05, 3.63) is 87.4 Å². The summed E-state index contributed by atoms with van der Waals surface area (Å²) in [5.41, 5.74) is 4.18. The number of ether oxygens (including phenoxy) is 2. The molecule has 0 aliphatic rings. The van der Waals surface area contributed by atoms with E-state index in [0.29, 0.717) is 34.2 Å². The lowest BCUT2D eigenvalue weighted by Gasteiger charge is -2.12. The maximum absolute atomic E-state index is 12.6. The molecule has 0 saturated heterocycles. The van der Waals surface area contributed by atoms with Crippen molar-refractivity contribution in [2.75, 3.05) is 11.9 Å². The van der Waals surface area contributed by atoms with E-state index in [1.54, 1.807) is 69.3 Å². The molecular weight excluding hydrogens is 517 g/mol. The average Bonchev–Trinajstić information content (AvgIpc) is 2.86. The molecule has 0 unspecified atom stereocenters. The number of hydrogen-bond donors (Lipinski definition) is 2. The number of carbonyl (C=O) groups excluding carboxylic acids is 3. The number of benzene rings is 3. The molecule has 0 spiro atoms. The van der Waals surface area contributed by atoms with Gasteiger partial charge in [0.2, 0.25) is 5.91 Å². The van der Waals surface area contributed by atoms with Crippen molar-refractivity contribution in [1.82, 2.24) is 5.43 Å². The van der Waals surface area contributed by atoms with E-state index in [1.165, 1.54) is 18.3 Å². The van der Waals surface area contributed by atoms with E-state index in [9.17, 15) is 14.4 Å². The first-order valence-corrected chi connectivity index (χ1v) is 12.1. The molecule has 0 radical (unpaired) electrons. The summed E-state index contributed by atoms with van der Waals surface area (Å²) in [5, 5.41) is 7.32. The minimum Gasteiger partial charge on any atom is -0.490 e. The molecule has 0 atom stereocenters. The summed E-state index contributed by atoms with van der Waals surface area (Å²) in [5.74, 6) is -0.829. The zero-order valence-electron chi connectivity index (χ0n) is 20.4. The van der Waals surface area contributed by atoms with Crippen LogP contribution in [0.3, 0.4) is 0 Å². The van der Waals surface area contributed by atoms with Gasteiger partial charge in [0, 0.05) is 22.2 Å². The van der Waals surface area contributed by atoms with Crippen LogP contribution in [0.25, 0.3) is 0 Å². The fraction of sp³-hybridized carbons (Fsp3) is 0.185. The van der Waals surface area contributed by atoms with Crippen LogP contribution in [0.1, 0.15) is 47.1 Å². The molecule has 10 heteroatoms. The van der Waals surface area contributed by atoms with Gasteiger partial charge in [0.05, 0.1) is 23.4 Å². The molecule has 8 nitrogen and oxygen atoms in total. The number of esters is 1. The van der Waals surface area contributed by atoms with Gasteiger partial charge in [0.25, 0.3) is 5.91 Å². The molecule has 0 bridgehead atoms. The molecular formula is C27H25Cl2N3O5. The number of nitrogens with zero attached hydrogens (tertiary/aromatic N) is 1. The predicted molar refractivity (Wildman–Crippen MR) is 144 cm³/mol. The van der Waals surface area contributed by atoms with Crippen LogP contribution in [0.4, 0.5) is 5.69 Å². The third kappa shape index (κ3) is 7.80. The molecule has 0 aliphatic carbocycles. The maximum atomic E-state index is 12.6. The Kier molecular flexibility index (Phi) is 9.65. The van der Waals surface area contributed by atoms with Gasteiger partial charge in [0.1, 0.15) is 0 Å². The summed E-state index contributed by atoms with van der Waals surface area (Å²) < 4.78 is 11.1. The van der Waals surface area contributed by atoms with Crippen LogP contribution in [0.2, 0.25) is 10.0 Å². The lowest BCUT2D eigenvalue weighted by Crippen LogP contribution is -2.19. The molecule has 3 rings (SSSR count). The Labute approximate surface area is 224 Å². The lowest BCUT2D eigenvalue weighted by molar-refractivity contribution is -0.118. The Hall–Kier alpha value is -3.88. The number of nitrogens with one attached hydrogen (secondary N) is 2. The van der Waals surface area contributed by atoms with Crippen molar-refractivity contribution in [2.24, 2.45) is 11.0 Å². The van der Waals surface area contributed by atoms with Crippen LogP contribution in [-0.2, 0) is 4.79 Å². The van der Waals surface area contributed by atoms with Crippen molar-refractivity contribution < 1.29 is 23.9 Å². The normalized spacial score (nSPS) is 10.9. The first kappa shape index (κ1) is 27.7. The molecule has 3 aromatic rings. The van der Waals surface area contributed by atoms with Crippen LogP contribution < -0.4 is 20.2 Å². The van der Waals surface area contributed by atoms with Crippen molar-refractivity contribution in [3.63, 3.8) is 0 Å². The van der Waals surface area contributed by atoms with Gasteiger partial charge >= 0.3 is 5.97 Å². The molecule has 192 valence electrons. The SMILES string of the molecule is CCOc1cc(/C=N/NC(=O)c2ccc(NC(=O)C(C)C)cc2)ccc1OC(=O)c1ccc(Cl)cc1Cl. The van der Waals surface area contributed by atoms with Gasteiger partial charge in [-0.1, -0.05) is 37.0 Å². The Morgan fingerprint density at radius 3 is 2.35 bits per heavy atom. The molecule has 2 amide bonds. The van der Waals surface area contributed by atoms with E-state index in [-0.39, 0.29) is 28.2 Å². The number of rotatable bonds is 9. The quantitative estimate of drug-likeness (QED) is 0.150. The first-order chi connectivity index (χ1) is 17.7. The zero-order chi connectivity index (χ0) is 26.9. The predicted octanol–water partition coefficient (Wildman–Crippen LogP) is 5.97. The van der Waals surface area contributed by atoms with Gasteiger partial charge in [-0.2, -0.15) is 5.10 Å². The fourth-order valence-electron chi connectivity index (χ4n) is 2.99. The van der Waals surface area contributed by atoms with Crippen LogP contribution >= 0.6 is 23.2 Å². The maximum Gasteiger partial charge on any atom is 0.345 e. The van der Waals surface area contributed by atoms with E-state index >= 15 is 0 Å². The standard InChI is InChI=1S/C27H25Cl2N3O5/c1-4-36-24-13-17(5-12-23(24)37-27(35)21-11-8-19(28)14-22(21)29)15-30-32-26(34)18-6-9-20(10-7-18)31-25(33)16(2)3/h5-16H,4H2,1-3H3,(H,31,33)(H,32,34)/b30-15+. The smallest absolute Gasteiger partial charge is 0.345 e. The third-order valence-electron chi connectivity index (χ3n) is 4.94. The van der Waals surface area contributed by atoms with Crippen LogP contribution in [0.5, 0.6) is 11.5 Å². The van der Waals surface area contributed by atoms with E-state index in [2.05, 4.69) is 15.8 Å². The summed E-state index contributed by atoms with van der Waals surface area (Å²) in [4.78, 5) is 36.7. The number of hydrogen-bond acceptors (Lipinski definition) is 6. The second kappa shape index (κ2) is 12.9. The van der Waals surface area contributed by atoms with Crippen molar-refractivity contribution >= 4 is 52.9 Å². The molecule has 0 heterocycles. The van der Waals surface area contributed by atoms with Crippen molar-refractivity contribution in [1.29, 1.82) is 0 Å². The topological polar surface area (TPSA) is 106 Å². The zero-order valence-corrected chi connectivity index (χ0v) is 21.9. The Morgan fingerprint density at radius 2 is 1.70 bits per heavy atom. The number of carbonyl (C=O) groups is 3. The Bertz CT molecular complexity index is 1320. The Balaban J connectivity index is 1.65. The van der Waals surface area contributed by atoms with Gasteiger partial charge in [-0.3, -0.25) is 9.59 Å². The summed E-state index contributed by atoms with van der Waals surface area (Å²) >= 11 is 12.0. The van der Waals surface area contributed by atoms with E-state index in [0.717, 1.165) is 0 Å². The van der Waals surface area contributed by atoms with Gasteiger partial charge in [0.15, 0.2) is 11.5 Å². The Morgan fingerprint density at radius 1 is 0.973 bits per heavy atom. The summed E-state index contributed by atoms with van der Waals surface area (Å²) in [6, 6.07) is 15.8. The average molecular weight is 542 g/mol. The minimum absolute atomic E-state index is 0.109. The number of hydrazone groups is 1. The molecule has 0 saturated carbocycles. The fourth-order valence-corrected chi connectivity index (χ4v) is 3.47. The third-order valence-corrected chi connectivity index (χ3v) is 5.49. The second-order valence-electron chi connectivity index (χ2n) is 8.07. The molecule has 0 aromatic heterocycles. The van der Waals surface area contributed by atoms with Gasteiger partial charge in [-0.15, -0.1) is 0 Å². The molecule has 2 N–H and O–H groups in total. The van der Waals surface area contributed by atoms with Crippen LogP contribution in [0, 0.1) is 5.92 Å². The highest BCUT2D eigenvalue weighted by Crippen LogP contribution is 2.30. The highest BCUT2D eigenvalue weighted by molar-refractivity contribution is 6.36. The van der Waals surface area contributed by atoms with Gasteiger partial charge < -0.3 is 14.8 Å². The second-order valence-corrected chi connectivity index (χ2v) is 8.92. The molecule has 37 heavy (non-hydrogen) atoms. The summed E-state index contributed by atoms with van der Waals surface area (Å²) in [6.07, 6.45) is 1.43.